The van der Waals surface area contributed by atoms with Crippen molar-refractivity contribution in [3.63, 3.8) is 0 Å². The first-order valence-corrected chi connectivity index (χ1v) is 8.41. The summed E-state index contributed by atoms with van der Waals surface area (Å²) < 4.78 is 11.5. The van der Waals surface area contributed by atoms with Crippen LogP contribution in [0, 0.1) is 6.92 Å². The van der Waals surface area contributed by atoms with Gasteiger partial charge in [-0.15, -0.1) is 0 Å². The van der Waals surface area contributed by atoms with Gasteiger partial charge in [-0.1, -0.05) is 53.0 Å². The molecule has 1 N–H and O–H groups in total. The fraction of sp³-hybridized carbons (Fsp3) is 0.100. The molecule has 0 aromatic heterocycles. The summed E-state index contributed by atoms with van der Waals surface area (Å²) in [4.78, 5) is 0. The highest BCUT2D eigenvalue weighted by molar-refractivity contribution is 6.37. The predicted molar refractivity (Wildman–Crippen MR) is 100 cm³/mol. The Morgan fingerprint density at radius 3 is 2.24 bits per heavy atom. The van der Waals surface area contributed by atoms with Gasteiger partial charge in [0.1, 0.15) is 23.9 Å². The van der Waals surface area contributed by atoms with Crippen LogP contribution in [-0.4, -0.2) is 5.11 Å². The average molecular weight is 375 g/mol. The van der Waals surface area contributed by atoms with Gasteiger partial charge in [-0.3, -0.25) is 0 Å². The molecule has 0 aliphatic heterocycles. The maximum atomic E-state index is 9.46. The Balaban J connectivity index is 1.71. The molecule has 0 aliphatic carbocycles. The molecule has 3 rings (SSSR count). The van der Waals surface area contributed by atoms with Crippen molar-refractivity contribution in [1.29, 1.82) is 0 Å². The molecule has 0 amide bonds. The summed E-state index contributed by atoms with van der Waals surface area (Å²) in [7, 11) is 0. The lowest BCUT2D eigenvalue weighted by atomic mass is 10.2. The number of aryl methyl sites for hydroxylation is 1. The maximum absolute atomic E-state index is 9.46. The first kappa shape index (κ1) is 17.5. The number of phenols is 1. The number of halogens is 2. The van der Waals surface area contributed by atoms with Crippen LogP contribution in [0.25, 0.3) is 0 Å². The van der Waals surface area contributed by atoms with Crippen molar-refractivity contribution in [3.05, 3.63) is 81.8 Å². The number of benzene rings is 3. The van der Waals surface area contributed by atoms with Gasteiger partial charge < -0.3 is 14.6 Å². The molecule has 0 saturated heterocycles. The number of ether oxygens (including phenoxy) is 2. The number of aromatic hydroxyl groups is 1. The third-order valence-electron chi connectivity index (χ3n) is 3.52. The summed E-state index contributed by atoms with van der Waals surface area (Å²) in [5, 5.41) is 9.98. The number of hydrogen-bond acceptors (Lipinski definition) is 3. The number of rotatable bonds is 5. The van der Waals surface area contributed by atoms with Crippen LogP contribution in [0.15, 0.2) is 60.7 Å². The maximum Gasteiger partial charge on any atom is 0.157 e. The molecule has 0 aliphatic rings. The van der Waals surface area contributed by atoms with Gasteiger partial charge in [-0.2, -0.15) is 0 Å². The molecule has 0 unspecified atom stereocenters. The lowest BCUT2D eigenvalue weighted by molar-refractivity contribution is 0.305. The summed E-state index contributed by atoms with van der Waals surface area (Å²) in [6, 6.07) is 18.2. The highest BCUT2D eigenvalue weighted by Crippen LogP contribution is 2.37. The molecule has 5 heteroatoms. The van der Waals surface area contributed by atoms with Crippen LogP contribution in [0.1, 0.15) is 11.1 Å². The van der Waals surface area contributed by atoms with Crippen LogP contribution in [-0.2, 0) is 6.61 Å². The van der Waals surface area contributed by atoms with Gasteiger partial charge >= 0.3 is 0 Å². The summed E-state index contributed by atoms with van der Waals surface area (Å²) in [6.45, 7) is 2.30. The van der Waals surface area contributed by atoms with Crippen molar-refractivity contribution < 1.29 is 14.6 Å². The Morgan fingerprint density at radius 1 is 0.880 bits per heavy atom. The van der Waals surface area contributed by atoms with Gasteiger partial charge in [-0.25, -0.2) is 0 Å². The van der Waals surface area contributed by atoms with E-state index in [1.54, 1.807) is 0 Å². The van der Waals surface area contributed by atoms with Crippen LogP contribution in [0.2, 0.25) is 10.0 Å². The highest BCUT2D eigenvalue weighted by atomic mass is 35.5. The summed E-state index contributed by atoms with van der Waals surface area (Å²) in [5.74, 6) is 1.82. The number of phenolic OH excluding ortho intramolecular Hbond substituents is 1. The monoisotopic (exact) mass is 374 g/mol. The second-order valence-electron chi connectivity index (χ2n) is 5.59. The van der Waals surface area contributed by atoms with E-state index in [1.165, 1.54) is 17.7 Å². The first-order valence-electron chi connectivity index (χ1n) is 7.65. The molecule has 25 heavy (non-hydrogen) atoms. The standard InChI is InChI=1S/C20H16Cl2O3/c1-13-5-7-16(8-6-13)25-17-4-2-3-14(9-17)12-24-20-18(21)10-15(23)11-19(20)22/h2-11,23H,12H2,1H3. The fourth-order valence-electron chi connectivity index (χ4n) is 2.28. The molecule has 0 spiro atoms. The minimum atomic E-state index is -0.00385. The third-order valence-corrected chi connectivity index (χ3v) is 4.08. The van der Waals surface area contributed by atoms with Crippen molar-refractivity contribution in [2.24, 2.45) is 0 Å². The molecular weight excluding hydrogens is 359 g/mol. The van der Waals surface area contributed by atoms with Crippen LogP contribution in [0.5, 0.6) is 23.0 Å². The molecule has 0 radical (unpaired) electrons. The van der Waals surface area contributed by atoms with E-state index in [9.17, 15) is 5.11 Å². The second-order valence-corrected chi connectivity index (χ2v) is 6.40. The van der Waals surface area contributed by atoms with Crippen LogP contribution in [0.4, 0.5) is 0 Å². The predicted octanol–water partition coefficient (Wildman–Crippen LogP) is 6.38. The molecule has 0 atom stereocenters. The molecule has 0 heterocycles. The van der Waals surface area contributed by atoms with E-state index in [0.717, 1.165) is 11.3 Å². The second kappa shape index (κ2) is 7.68. The smallest absolute Gasteiger partial charge is 0.157 e. The molecule has 3 nitrogen and oxygen atoms in total. The Kier molecular flexibility index (Phi) is 5.37. The van der Waals surface area contributed by atoms with E-state index in [2.05, 4.69) is 0 Å². The van der Waals surface area contributed by atoms with Gasteiger partial charge in [0.25, 0.3) is 0 Å². The summed E-state index contributed by atoms with van der Waals surface area (Å²) >= 11 is 12.1. The van der Waals surface area contributed by atoms with E-state index in [0.29, 0.717) is 11.5 Å². The van der Waals surface area contributed by atoms with E-state index in [1.807, 2.05) is 55.5 Å². The average Bonchev–Trinajstić information content (AvgIpc) is 2.56. The zero-order chi connectivity index (χ0) is 17.8. The molecule has 3 aromatic rings. The van der Waals surface area contributed by atoms with Gasteiger partial charge in [0, 0.05) is 12.1 Å². The summed E-state index contributed by atoms with van der Waals surface area (Å²) in [6.07, 6.45) is 0. The normalized spacial score (nSPS) is 10.5. The quantitative estimate of drug-likeness (QED) is 0.562. The summed E-state index contributed by atoms with van der Waals surface area (Å²) in [5.41, 5.74) is 2.09. The first-order chi connectivity index (χ1) is 12.0. The molecule has 3 aromatic carbocycles. The Labute approximate surface area is 156 Å². The lowest BCUT2D eigenvalue weighted by Gasteiger charge is -2.12. The Bertz CT molecular complexity index is 853. The molecular formula is C20H16Cl2O3. The minimum Gasteiger partial charge on any atom is -0.508 e. The van der Waals surface area contributed by atoms with Crippen molar-refractivity contribution >= 4 is 23.2 Å². The van der Waals surface area contributed by atoms with Gasteiger partial charge in [0.2, 0.25) is 0 Å². The van der Waals surface area contributed by atoms with Crippen molar-refractivity contribution in [1.82, 2.24) is 0 Å². The van der Waals surface area contributed by atoms with E-state index >= 15 is 0 Å². The van der Waals surface area contributed by atoms with Crippen molar-refractivity contribution in [3.8, 4) is 23.0 Å². The van der Waals surface area contributed by atoms with Crippen molar-refractivity contribution in [2.45, 2.75) is 13.5 Å². The minimum absolute atomic E-state index is 0.00385. The largest absolute Gasteiger partial charge is 0.508 e. The third kappa shape index (κ3) is 4.59. The Morgan fingerprint density at radius 2 is 1.56 bits per heavy atom. The lowest BCUT2D eigenvalue weighted by Crippen LogP contribution is -1.97. The van der Waals surface area contributed by atoms with Gasteiger partial charge in [0.15, 0.2) is 5.75 Å². The van der Waals surface area contributed by atoms with Crippen LogP contribution >= 0.6 is 23.2 Å². The van der Waals surface area contributed by atoms with E-state index in [4.69, 9.17) is 32.7 Å². The Hall–Kier alpha value is -2.36. The zero-order valence-corrected chi connectivity index (χ0v) is 15.0. The van der Waals surface area contributed by atoms with Crippen LogP contribution < -0.4 is 9.47 Å². The molecule has 128 valence electrons. The molecule has 0 bridgehead atoms. The van der Waals surface area contributed by atoms with Gasteiger partial charge in [-0.05, 0) is 36.8 Å². The fourth-order valence-corrected chi connectivity index (χ4v) is 2.87. The number of hydrogen-bond donors (Lipinski definition) is 1. The van der Waals surface area contributed by atoms with E-state index in [-0.39, 0.29) is 22.4 Å². The van der Waals surface area contributed by atoms with Gasteiger partial charge in [0.05, 0.1) is 10.0 Å². The van der Waals surface area contributed by atoms with Crippen LogP contribution in [0.3, 0.4) is 0 Å². The van der Waals surface area contributed by atoms with E-state index < -0.39 is 0 Å². The molecule has 0 saturated carbocycles. The SMILES string of the molecule is Cc1ccc(Oc2cccc(COc3c(Cl)cc(O)cc3Cl)c2)cc1. The highest BCUT2D eigenvalue weighted by Gasteiger charge is 2.10. The molecule has 0 fully saturated rings. The topological polar surface area (TPSA) is 38.7 Å². The van der Waals surface area contributed by atoms with Crippen molar-refractivity contribution in [2.75, 3.05) is 0 Å². The zero-order valence-electron chi connectivity index (χ0n) is 13.5.